The number of hydrogen-bond donors (Lipinski definition) is 1. The second kappa shape index (κ2) is 12.0. The number of ether oxygens (including phenoxy) is 3. The standard InChI is InChI=1S/C15H21N3O11/c1-10-13(28-11(2)27-10)9-25-15(20)7-16-14(19)6-4-3-5-12(29-18(23)24)8-26-17(21)22/h12H,2-9H2,1H3,(H,16,19). The molecule has 0 fully saturated rings. The highest BCUT2D eigenvalue weighted by molar-refractivity contribution is 5.81. The first-order valence-corrected chi connectivity index (χ1v) is 8.42. The Kier molecular flexibility index (Phi) is 9.70. The van der Waals surface area contributed by atoms with Crippen LogP contribution in [0.3, 0.4) is 0 Å². The first kappa shape index (κ1) is 23.5. The summed E-state index contributed by atoms with van der Waals surface area (Å²) < 4.78 is 15.1. The van der Waals surface area contributed by atoms with Crippen molar-refractivity contribution in [1.29, 1.82) is 0 Å². The largest absolute Gasteiger partial charge is 0.456 e. The molecule has 14 nitrogen and oxygen atoms in total. The molecule has 1 atom stereocenters. The lowest BCUT2D eigenvalue weighted by Gasteiger charge is -2.13. The van der Waals surface area contributed by atoms with Crippen LogP contribution in [0.15, 0.2) is 24.0 Å². The Balaban J connectivity index is 2.18. The van der Waals surface area contributed by atoms with Crippen LogP contribution in [0.2, 0.25) is 0 Å². The quantitative estimate of drug-likeness (QED) is 0.182. The van der Waals surface area contributed by atoms with Gasteiger partial charge < -0.3 is 29.2 Å². The van der Waals surface area contributed by atoms with Crippen LogP contribution in [0.1, 0.15) is 32.6 Å². The maximum Gasteiger partial charge on any atom is 0.325 e. The Morgan fingerprint density at radius 3 is 2.52 bits per heavy atom. The maximum absolute atomic E-state index is 11.7. The molecule has 0 aliphatic carbocycles. The normalized spacial score (nSPS) is 13.8. The molecule has 0 aromatic carbocycles. The minimum atomic E-state index is -1.12. The number of carbonyl (C=O) groups excluding carboxylic acids is 2. The van der Waals surface area contributed by atoms with E-state index in [0.717, 1.165) is 0 Å². The Labute approximate surface area is 164 Å². The summed E-state index contributed by atoms with van der Waals surface area (Å²) in [4.78, 5) is 52.1. The molecule has 14 heteroatoms. The number of esters is 1. The van der Waals surface area contributed by atoms with Crippen LogP contribution in [-0.4, -0.2) is 47.9 Å². The zero-order chi connectivity index (χ0) is 21.8. The predicted octanol–water partition coefficient (Wildman–Crippen LogP) is 0.741. The van der Waals surface area contributed by atoms with Gasteiger partial charge in [0, 0.05) is 6.42 Å². The van der Waals surface area contributed by atoms with E-state index in [0.29, 0.717) is 24.4 Å². The second-order valence-corrected chi connectivity index (χ2v) is 5.71. The number of hydrogen-bond acceptors (Lipinski definition) is 11. The molecule has 1 aliphatic heterocycles. The molecule has 1 N–H and O–H groups in total. The third kappa shape index (κ3) is 10.4. The van der Waals surface area contributed by atoms with Gasteiger partial charge in [-0.15, -0.1) is 20.2 Å². The number of nitrogens with zero attached hydrogens (tertiary/aromatic N) is 2. The number of unbranched alkanes of at least 4 members (excludes halogenated alkanes) is 1. The topological polar surface area (TPSA) is 179 Å². The minimum Gasteiger partial charge on any atom is -0.456 e. The molecule has 0 aromatic heterocycles. The smallest absolute Gasteiger partial charge is 0.325 e. The van der Waals surface area contributed by atoms with Crippen molar-refractivity contribution in [1.82, 2.24) is 5.32 Å². The molecule has 162 valence electrons. The lowest BCUT2D eigenvalue weighted by molar-refractivity contribution is -0.790. The Morgan fingerprint density at radius 2 is 1.93 bits per heavy atom. The van der Waals surface area contributed by atoms with Crippen LogP contribution in [0, 0.1) is 20.2 Å². The summed E-state index contributed by atoms with van der Waals surface area (Å²) in [6.45, 7) is 3.97. The van der Waals surface area contributed by atoms with Crippen LogP contribution in [-0.2, 0) is 33.5 Å². The third-order valence-corrected chi connectivity index (χ3v) is 3.47. The Hall–Kier alpha value is -3.58. The number of nitrogens with one attached hydrogen (secondary N) is 1. The maximum atomic E-state index is 11.7. The molecule has 0 saturated carbocycles. The fourth-order valence-corrected chi connectivity index (χ4v) is 2.13. The minimum absolute atomic E-state index is 0.0373. The Bertz CT molecular complexity index is 676. The van der Waals surface area contributed by atoms with E-state index in [1.165, 1.54) is 0 Å². The van der Waals surface area contributed by atoms with E-state index >= 15 is 0 Å². The monoisotopic (exact) mass is 419 g/mol. The first-order valence-electron chi connectivity index (χ1n) is 8.42. The van der Waals surface area contributed by atoms with Crippen LogP contribution in [0.4, 0.5) is 0 Å². The summed E-state index contributed by atoms with van der Waals surface area (Å²) >= 11 is 0. The van der Waals surface area contributed by atoms with E-state index in [2.05, 4.69) is 21.6 Å². The van der Waals surface area contributed by atoms with Gasteiger partial charge in [0.15, 0.2) is 12.4 Å². The number of carbonyl (C=O) groups is 2. The van der Waals surface area contributed by atoms with Gasteiger partial charge >= 0.3 is 5.97 Å². The van der Waals surface area contributed by atoms with Gasteiger partial charge in [-0.25, -0.2) is 0 Å². The van der Waals surface area contributed by atoms with Gasteiger partial charge in [-0.1, -0.05) is 6.42 Å². The van der Waals surface area contributed by atoms with Crippen molar-refractivity contribution in [2.24, 2.45) is 0 Å². The van der Waals surface area contributed by atoms with Gasteiger partial charge in [0.2, 0.25) is 5.91 Å². The van der Waals surface area contributed by atoms with E-state index in [1.54, 1.807) is 6.92 Å². The average molecular weight is 419 g/mol. The molecule has 0 saturated heterocycles. The van der Waals surface area contributed by atoms with Gasteiger partial charge in [-0.05, 0) is 26.3 Å². The van der Waals surface area contributed by atoms with E-state index in [9.17, 15) is 29.8 Å². The highest BCUT2D eigenvalue weighted by Crippen LogP contribution is 2.22. The molecular formula is C15H21N3O11. The number of rotatable bonds is 14. The van der Waals surface area contributed by atoms with Crippen molar-refractivity contribution in [2.45, 2.75) is 38.7 Å². The molecule has 1 aliphatic rings. The van der Waals surface area contributed by atoms with Crippen molar-refractivity contribution < 1.29 is 43.6 Å². The molecule has 1 rings (SSSR count). The fraction of sp³-hybridized carbons (Fsp3) is 0.600. The van der Waals surface area contributed by atoms with Crippen LogP contribution >= 0.6 is 0 Å². The zero-order valence-electron chi connectivity index (χ0n) is 15.6. The molecule has 0 radical (unpaired) electrons. The van der Waals surface area contributed by atoms with Crippen LogP contribution < -0.4 is 5.32 Å². The molecule has 0 aromatic rings. The van der Waals surface area contributed by atoms with Crippen molar-refractivity contribution >= 4 is 11.9 Å². The molecule has 0 bridgehead atoms. The van der Waals surface area contributed by atoms with Crippen molar-refractivity contribution in [2.75, 3.05) is 19.8 Å². The Morgan fingerprint density at radius 1 is 1.21 bits per heavy atom. The van der Waals surface area contributed by atoms with Crippen molar-refractivity contribution in [3.63, 3.8) is 0 Å². The van der Waals surface area contributed by atoms with Crippen LogP contribution in [0.5, 0.6) is 0 Å². The van der Waals surface area contributed by atoms with Crippen molar-refractivity contribution in [3.8, 4) is 0 Å². The number of amides is 1. The molecule has 1 amide bonds. The molecule has 1 heterocycles. The molecular weight excluding hydrogens is 398 g/mol. The van der Waals surface area contributed by atoms with Gasteiger partial charge in [-0.3, -0.25) is 9.59 Å². The number of allylic oxidation sites excluding steroid dienone is 1. The average Bonchev–Trinajstić information content (AvgIpc) is 2.96. The lowest BCUT2D eigenvalue weighted by Crippen LogP contribution is -2.30. The summed E-state index contributed by atoms with van der Waals surface area (Å²) in [6.07, 6.45) is -0.381. The van der Waals surface area contributed by atoms with Gasteiger partial charge in [0.1, 0.15) is 25.0 Å². The fourth-order valence-electron chi connectivity index (χ4n) is 2.13. The summed E-state index contributed by atoms with van der Waals surface area (Å²) in [5.74, 6) is -0.301. The van der Waals surface area contributed by atoms with E-state index in [-0.39, 0.29) is 31.9 Å². The first-order chi connectivity index (χ1) is 13.7. The SMILES string of the molecule is C=C1OC(C)=C(COC(=O)CNC(=O)CCCCC(CO[N+](=O)[O-])O[N+](=O)[O-])O1. The van der Waals surface area contributed by atoms with Gasteiger partial charge in [0.05, 0.1) is 0 Å². The third-order valence-electron chi connectivity index (χ3n) is 3.47. The van der Waals surface area contributed by atoms with E-state index in [1.807, 2.05) is 0 Å². The van der Waals surface area contributed by atoms with Crippen molar-refractivity contribution in [3.05, 3.63) is 44.3 Å². The van der Waals surface area contributed by atoms with Gasteiger partial charge in [-0.2, -0.15) is 0 Å². The second-order valence-electron chi connectivity index (χ2n) is 5.71. The summed E-state index contributed by atoms with van der Waals surface area (Å²) in [6, 6.07) is 0. The predicted molar refractivity (Wildman–Crippen MR) is 91.3 cm³/mol. The zero-order valence-corrected chi connectivity index (χ0v) is 15.6. The van der Waals surface area contributed by atoms with Crippen LogP contribution in [0.25, 0.3) is 0 Å². The summed E-state index contributed by atoms with van der Waals surface area (Å²) in [5, 5.41) is 20.7. The lowest BCUT2D eigenvalue weighted by atomic mass is 10.1. The highest BCUT2D eigenvalue weighted by Gasteiger charge is 2.19. The molecule has 0 spiro atoms. The van der Waals surface area contributed by atoms with E-state index in [4.69, 9.17) is 14.2 Å². The highest BCUT2D eigenvalue weighted by atomic mass is 17.0. The van der Waals surface area contributed by atoms with E-state index < -0.39 is 34.8 Å². The summed E-state index contributed by atoms with van der Waals surface area (Å²) in [7, 11) is 0. The van der Waals surface area contributed by atoms with Gasteiger partial charge in [0.25, 0.3) is 16.1 Å². The molecule has 1 unspecified atom stereocenters. The summed E-state index contributed by atoms with van der Waals surface area (Å²) in [5.41, 5.74) is 0. The molecule has 29 heavy (non-hydrogen) atoms.